The highest BCUT2D eigenvalue weighted by Crippen LogP contribution is 2.48. The van der Waals surface area contributed by atoms with Gasteiger partial charge in [0.15, 0.2) is 0 Å². The summed E-state index contributed by atoms with van der Waals surface area (Å²) in [6.07, 6.45) is 5.98. The summed E-state index contributed by atoms with van der Waals surface area (Å²) in [5.74, 6) is 1.20. The minimum Gasteiger partial charge on any atom is -0.352 e. The van der Waals surface area contributed by atoms with E-state index in [-0.39, 0.29) is 11.8 Å². The molecule has 1 saturated carbocycles. The molecule has 6 nitrogen and oxygen atoms in total. The maximum Gasteiger partial charge on any atom is 0.254 e. The van der Waals surface area contributed by atoms with Gasteiger partial charge >= 0.3 is 0 Å². The van der Waals surface area contributed by atoms with Gasteiger partial charge in [-0.1, -0.05) is 30.3 Å². The van der Waals surface area contributed by atoms with Gasteiger partial charge in [-0.2, -0.15) is 5.10 Å². The van der Waals surface area contributed by atoms with Gasteiger partial charge in [0.05, 0.1) is 11.8 Å². The van der Waals surface area contributed by atoms with Gasteiger partial charge in [0, 0.05) is 31.7 Å². The van der Waals surface area contributed by atoms with Crippen LogP contribution >= 0.6 is 0 Å². The predicted octanol–water partition coefficient (Wildman–Crippen LogP) is 2.18. The summed E-state index contributed by atoms with van der Waals surface area (Å²) in [4.78, 5) is 26.7. The lowest BCUT2D eigenvalue weighted by Crippen LogP contribution is -2.42. The van der Waals surface area contributed by atoms with Crippen LogP contribution in [0, 0.1) is 11.8 Å². The normalized spacial score (nSPS) is 22.8. The van der Waals surface area contributed by atoms with Crippen LogP contribution in [0.2, 0.25) is 0 Å². The van der Waals surface area contributed by atoms with Gasteiger partial charge in [0.25, 0.3) is 5.91 Å². The van der Waals surface area contributed by atoms with Crippen molar-refractivity contribution in [2.75, 3.05) is 19.6 Å². The summed E-state index contributed by atoms with van der Waals surface area (Å²) >= 11 is 0. The molecule has 2 amide bonds. The number of aromatic amines is 1. The molecule has 2 unspecified atom stereocenters. The Labute approximate surface area is 153 Å². The summed E-state index contributed by atoms with van der Waals surface area (Å²) in [6.45, 7) is 2.24. The lowest BCUT2D eigenvalue weighted by molar-refractivity contribution is -0.134. The summed E-state index contributed by atoms with van der Waals surface area (Å²) in [7, 11) is 0. The molecule has 2 heterocycles. The number of nitrogens with zero attached hydrogens (tertiary/aromatic N) is 2. The zero-order valence-electron chi connectivity index (χ0n) is 14.7. The molecule has 0 radical (unpaired) electrons. The zero-order chi connectivity index (χ0) is 17.9. The van der Waals surface area contributed by atoms with Gasteiger partial charge in [-0.3, -0.25) is 14.7 Å². The Hall–Kier alpha value is -2.63. The summed E-state index contributed by atoms with van der Waals surface area (Å²) in [5, 5.41) is 9.39. The number of carbonyl (C=O) groups excluding carboxylic acids is 2. The van der Waals surface area contributed by atoms with Crippen molar-refractivity contribution in [3.8, 4) is 0 Å². The molecule has 2 aromatic rings. The molecule has 6 heteroatoms. The van der Waals surface area contributed by atoms with Crippen LogP contribution in [0.25, 0.3) is 0 Å². The van der Waals surface area contributed by atoms with Gasteiger partial charge in [-0.15, -0.1) is 0 Å². The largest absolute Gasteiger partial charge is 0.352 e. The van der Waals surface area contributed by atoms with Gasteiger partial charge in [0.2, 0.25) is 5.91 Å². The minimum atomic E-state index is -0.0964. The number of amides is 2. The summed E-state index contributed by atoms with van der Waals surface area (Å²) in [5.41, 5.74) is 1.83. The van der Waals surface area contributed by atoms with E-state index in [1.165, 1.54) is 11.8 Å². The first-order valence-corrected chi connectivity index (χ1v) is 9.33. The summed E-state index contributed by atoms with van der Waals surface area (Å²) < 4.78 is 0. The van der Waals surface area contributed by atoms with Crippen molar-refractivity contribution in [2.24, 2.45) is 11.8 Å². The van der Waals surface area contributed by atoms with Crippen molar-refractivity contribution in [2.45, 2.75) is 25.2 Å². The van der Waals surface area contributed by atoms with Crippen LogP contribution in [0.15, 0.2) is 42.7 Å². The summed E-state index contributed by atoms with van der Waals surface area (Å²) in [6, 6.07) is 10.3. The van der Waals surface area contributed by atoms with Crippen LogP contribution in [0.3, 0.4) is 0 Å². The Kier molecular flexibility index (Phi) is 4.73. The molecule has 1 saturated heterocycles. The number of likely N-dealkylation sites (tertiary alicyclic amines) is 1. The van der Waals surface area contributed by atoms with Crippen molar-refractivity contribution in [1.82, 2.24) is 20.4 Å². The first-order valence-electron chi connectivity index (χ1n) is 9.33. The molecule has 2 fully saturated rings. The Morgan fingerprint density at radius 3 is 2.65 bits per heavy atom. The standard InChI is InChI=1S/C20H24N4O2/c25-19(16-12-22-23-13-16)21-11-14-6-8-24(9-7-14)20(26)18-10-17(18)15-4-2-1-3-5-15/h1-5,12-14,17-18H,6-11H2,(H,21,25)(H,22,23). The highest BCUT2D eigenvalue weighted by molar-refractivity contribution is 5.93. The number of piperidine rings is 1. The highest BCUT2D eigenvalue weighted by atomic mass is 16.2. The molecular weight excluding hydrogens is 328 g/mol. The minimum absolute atomic E-state index is 0.0964. The zero-order valence-corrected chi connectivity index (χ0v) is 14.7. The number of hydrogen-bond acceptors (Lipinski definition) is 3. The Morgan fingerprint density at radius 1 is 1.19 bits per heavy atom. The van der Waals surface area contributed by atoms with E-state index in [4.69, 9.17) is 0 Å². The Morgan fingerprint density at radius 2 is 1.96 bits per heavy atom. The lowest BCUT2D eigenvalue weighted by Gasteiger charge is -2.32. The second-order valence-electron chi connectivity index (χ2n) is 7.33. The molecule has 4 rings (SSSR count). The van der Waals surface area contributed by atoms with Crippen molar-refractivity contribution in [3.05, 3.63) is 53.9 Å². The lowest BCUT2D eigenvalue weighted by atomic mass is 9.96. The van der Waals surface area contributed by atoms with Gasteiger partial charge in [-0.25, -0.2) is 0 Å². The van der Waals surface area contributed by atoms with E-state index in [1.54, 1.807) is 6.20 Å². The molecule has 1 aromatic carbocycles. The molecule has 2 aliphatic rings. The number of nitrogens with one attached hydrogen (secondary N) is 2. The van der Waals surface area contributed by atoms with E-state index < -0.39 is 0 Å². The third-order valence-corrected chi connectivity index (χ3v) is 5.57. The second-order valence-corrected chi connectivity index (χ2v) is 7.33. The number of aromatic nitrogens is 2. The SMILES string of the molecule is O=C(NCC1CCN(C(=O)C2CC2c2ccccc2)CC1)c1cn[nH]c1. The fourth-order valence-electron chi connectivity index (χ4n) is 3.84. The van der Waals surface area contributed by atoms with Crippen LogP contribution in [-0.4, -0.2) is 46.5 Å². The molecule has 26 heavy (non-hydrogen) atoms. The molecule has 1 aliphatic carbocycles. The van der Waals surface area contributed by atoms with Crippen LogP contribution < -0.4 is 5.32 Å². The Balaban J connectivity index is 1.21. The first kappa shape index (κ1) is 16.8. The molecule has 0 spiro atoms. The van der Waals surface area contributed by atoms with Gasteiger partial charge in [-0.05, 0) is 36.7 Å². The van der Waals surface area contributed by atoms with Crippen molar-refractivity contribution in [1.29, 1.82) is 0 Å². The number of benzene rings is 1. The van der Waals surface area contributed by atoms with Crippen LogP contribution in [0.4, 0.5) is 0 Å². The second kappa shape index (κ2) is 7.32. The van der Waals surface area contributed by atoms with E-state index in [9.17, 15) is 9.59 Å². The first-order chi connectivity index (χ1) is 12.7. The van der Waals surface area contributed by atoms with E-state index in [1.807, 2.05) is 23.1 Å². The van der Waals surface area contributed by atoms with Crippen molar-refractivity contribution in [3.63, 3.8) is 0 Å². The fraction of sp³-hybridized carbons (Fsp3) is 0.450. The van der Waals surface area contributed by atoms with Gasteiger partial charge in [0.1, 0.15) is 0 Å². The smallest absolute Gasteiger partial charge is 0.254 e. The van der Waals surface area contributed by atoms with Crippen LogP contribution in [0.1, 0.15) is 41.1 Å². The maximum atomic E-state index is 12.7. The quantitative estimate of drug-likeness (QED) is 0.866. The van der Waals surface area contributed by atoms with E-state index >= 15 is 0 Å². The maximum absolute atomic E-state index is 12.7. The topological polar surface area (TPSA) is 78.1 Å². The number of hydrogen-bond donors (Lipinski definition) is 2. The number of H-pyrrole nitrogens is 1. The third-order valence-electron chi connectivity index (χ3n) is 5.57. The molecular formula is C20H24N4O2. The predicted molar refractivity (Wildman–Crippen MR) is 97.5 cm³/mol. The molecule has 0 bridgehead atoms. The monoisotopic (exact) mass is 352 g/mol. The molecule has 136 valence electrons. The van der Waals surface area contributed by atoms with E-state index in [0.717, 1.165) is 32.4 Å². The average Bonchev–Trinajstić information content (AvgIpc) is 3.30. The van der Waals surface area contributed by atoms with Crippen molar-refractivity contribution < 1.29 is 9.59 Å². The fourth-order valence-corrected chi connectivity index (χ4v) is 3.84. The van der Waals surface area contributed by atoms with Crippen LogP contribution in [0.5, 0.6) is 0 Å². The molecule has 1 aliphatic heterocycles. The van der Waals surface area contributed by atoms with Crippen molar-refractivity contribution >= 4 is 11.8 Å². The van der Waals surface area contributed by atoms with E-state index in [0.29, 0.717) is 29.9 Å². The molecule has 1 aromatic heterocycles. The molecule has 2 atom stereocenters. The Bertz CT molecular complexity index is 751. The number of carbonyl (C=O) groups is 2. The number of rotatable bonds is 5. The average molecular weight is 352 g/mol. The third kappa shape index (κ3) is 3.64. The van der Waals surface area contributed by atoms with E-state index in [2.05, 4.69) is 27.6 Å². The molecule has 2 N–H and O–H groups in total. The van der Waals surface area contributed by atoms with Gasteiger partial charge < -0.3 is 10.2 Å². The highest BCUT2D eigenvalue weighted by Gasteiger charge is 2.46. The van der Waals surface area contributed by atoms with Crippen LogP contribution in [-0.2, 0) is 4.79 Å².